The number of hydrogen-bond donors (Lipinski definition) is 1. The smallest absolute Gasteiger partial charge is 0.310 e. The van der Waals surface area contributed by atoms with Gasteiger partial charge >= 0.3 is 5.56 Å². The van der Waals surface area contributed by atoms with Crippen molar-refractivity contribution < 1.29 is 4.39 Å². The van der Waals surface area contributed by atoms with Crippen LogP contribution in [-0.4, -0.2) is 14.5 Å². The molecule has 0 bridgehead atoms. The fourth-order valence-corrected chi connectivity index (χ4v) is 3.76. The van der Waals surface area contributed by atoms with E-state index in [4.69, 9.17) is 0 Å². The van der Waals surface area contributed by atoms with Gasteiger partial charge in [-0.1, -0.05) is 30.3 Å². The number of hydrogen-bond acceptors (Lipinski definition) is 5. The van der Waals surface area contributed by atoms with Gasteiger partial charge in [-0.25, -0.2) is 4.98 Å². The van der Waals surface area contributed by atoms with Gasteiger partial charge in [-0.2, -0.15) is 9.37 Å². The van der Waals surface area contributed by atoms with E-state index in [1.165, 1.54) is 6.20 Å². The summed E-state index contributed by atoms with van der Waals surface area (Å²) in [4.78, 5) is 20.2. The maximum atomic E-state index is 13.9. The van der Waals surface area contributed by atoms with Crippen molar-refractivity contribution in [2.45, 2.75) is 20.4 Å². The van der Waals surface area contributed by atoms with Crippen LogP contribution in [0.4, 0.5) is 16.0 Å². The molecule has 0 saturated heterocycles. The van der Waals surface area contributed by atoms with Crippen LogP contribution in [0.15, 0.2) is 53.5 Å². The lowest BCUT2D eigenvalue weighted by molar-refractivity contribution is 0.579. The van der Waals surface area contributed by atoms with Gasteiger partial charge in [0, 0.05) is 11.9 Å². The standard InChI is InChI=1S/C20H17FN4OS/c1-12-8-17-18(27-13(2)22-17)9-16(12)23-20-24-19(26)15(21)11-25(20)10-14-6-4-3-5-7-14/h3-9,11H,10H2,1-2H3,(H,23,24,26). The Kier molecular flexibility index (Phi) is 4.45. The molecule has 7 heteroatoms. The van der Waals surface area contributed by atoms with E-state index in [2.05, 4.69) is 15.3 Å². The number of thiazole rings is 1. The van der Waals surface area contributed by atoms with E-state index in [1.54, 1.807) is 15.9 Å². The Hall–Kier alpha value is -3.06. The number of anilines is 2. The fourth-order valence-electron chi connectivity index (χ4n) is 2.92. The summed E-state index contributed by atoms with van der Waals surface area (Å²) in [5.74, 6) is -0.573. The second-order valence-corrected chi connectivity index (χ2v) is 7.56. The number of rotatable bonds is 4. The number of nitrogens with zero attached hydrogens (tertiary/aromatic N) is 3. The number of halogens is 1. The van der Waals surface area contributed by atoms with Crippen LogP contribution in [0.25, 0.3) is 10.2 Å². The summed E-state index contributed by atoms with van der Waals surface area (Å²) < 4.78 is 16.5. The highest BCUT2D eigenvalue weighted by molar-refractivity contribution is 7.18. The van der Waals surface area contributed by atoms with Gasteiger partial charge in [-0.05, 0) is 37.1 Å². The predicted molar refractivity (Wildman–Crippen MR) is 106 cm³/mol. The maximum Gasteiger partial charge on any atom is 0.310 e. The zero-order chi connectivity index (χ0) is 19.0. The Balaban J connectivity index is 1.76. The Morgan fingerprint density at radius 3 is 2.70 bits per heavy atom. The zero-order valence-corrected chi connectivity index (χ0v) is 15.7. The average molecular weight is 380 g/mol. The van der Waals surface area contributed by atoms with Crippen LogP contribution in [0.5, 0.6) is 0 Å². The molecule has 0 aliphatic rings. The van der Waals surface area contributed by atoms with Gasteiger partial charge in [0.1, 0.15) is 0 Å². The van der Waals surface area contributed by atoms with Gasteiger partial charge in [0.05, 0.1) is 21.8 Å². The first kappa shape index (κ1) is 17.4. The molecule has 27 heavy (non-hydrogen) atoms. The molecule has 0 atom stereocenters. The van der Waals surface area contributed by atoms with Crippen molar-refractivity contribution in [3.05, 3.63) is 81.0 Å². The highest BCUT2D eigenvalue weighted by atomic mass is 32.1. The normalized spacial score (nSPS) is 11.1. The molecule has 0 radical (unpaired) electrons. The molecule has 2 aromatic heterocycles. The van der Waals surface area contributed by atoms with Crippen molar-refractivity contribution >= 4 is 33.2 Å². The molecule has 0 spiro atoms. The number of aryl methyl sites for hydroxylation is 2. The van der Waals surface area contributed by atoms with Gasteiger partial charge in [-0.3, -0.25) is 4.79 Å². The van der Waals surface area contributed by atoms with Crippen molar-refractivity contribution in [1.29, 1.82) is 0 Å². The van der Waals surface area contributed by atoms with Gasteiger partial charge in [-0.15, -0.1) is 11.3 Å². The van der Waals surface area contributed by atoms with E-state index < -0.39 is 11.4 Å². The monoisotopic (exact) mass is 380 g/mol. The lowest BCUT2D eigenvalue weighted by Crippen LogP contribution is -2.20. The SMILES string of the molecule is Cc1nc2cc(C)c(Nc3nc(=O)c(F)cn3Cc3ccccc3)cc2s1. The average Bonchev–Trinajstić information content (AvgIpc) is 2.99. The molecule has 5 nitrogen and oxygen atoms in total. The molecule has 4 rings (SSSR count). The first-order valence-electron chi connectivity index (χ1n) is 8.45. The van der Waals surface area contributed by atoms with Crippen molar-refractivity contribution in [2.24, 2.45) is 0 Å². The molecule has 0 saturated carbocycles. The van der Waals surface area contributed by atoms with E-state index in [-0.39, 0.29) is 0 Å². The minimum absolute atomic E-state index is 0.300. The molecular formula is C20H17FN4OS. The topological polar surface area (TPSA) is 59.8 Å². The molecule has 0 fully saturated rings. The van der Waals surface area contributed by atoms with Crippen LogP contribution in [0.2, 0.25) is 0 Å². The quantitative estimate of drug-likeness (QED) is 0.570. The van der Waals surface area contributed by atoms with Crippen LogP contribution in [0.3, 0.4) is 0 Å². The first-order valence-corrected chi connectivity index (χ1v) is 9.27. The highest BCUT2D eigenvalue weighted by Gasteiger charge is 2.12. The van der Waals surface area contributed by atoms with E-state index >= 15 is 0 Å². The first-order chi connectivity index (χ1) is 13.0. The minimum Gasteiger partial charge on any atom is -0.325 e. The second kappa shape index (κ2) is 6.92. The van der Waals surface area contributed by atoms with Gasteiger partial charge in [0.2, 0.25) is 11.8 Å². The number of aromatic nitrogens is 3. The fraction of sp³-hybridized carbons (Fsp3) is 0.150. The molecular weight excluding hydrogens is 363 g/mol. The summed E-state index contributed by atoms with van der Waals surface area (Å²) >= 11 is 1.60. The van der Waals surface area contributed by atoms with Crippen LogP contribution in [-0.2, 0) is 6.54 Å². The second-order valence-electron chi connectivity index (χ2n) is 6.32. The van der Waals surface area contributed by atoms with Crippen molar-refractivity contribution in [3.63, 3.8) is 0 Å². The zero-order valence-electron chi connectivity index (χ0n) is 14.9. The van der Waals surface area contributed by atoms with E-state index in [0.29, 0.717) is 12.5 Å². The highest BCUT2D eigenvalue weighted by Crippen LogP contribution is 2.29. The number of nitrogens with one attached hydrogen (secondary N) is 1. The number of fused-ring (bicyclic) bond motifs is 1. The molecule has 2 heterocycles. The molecule has 0 aliphatic heterocycles. The number of benzene rings is 2. The van der Waals surface area contributed by atoms with Crippen LogP contribution >= 0.6 is 11.3 Å². The third kappa shape index (κ3) is 3.59. The van der Waals surface area contributed by atoms with Crippen molar-refractivity contribution in [3.8, 4) is 0 Å². The molecule has 2 aromatic carbocycles. The van der Waals surface area contributed by atoms with E-state index in [9.17, 15) is 9.18 Å². The van der Waals surface area contributed by atoms with Gasteiger partial charge in [0.25, 0.3) is 0 Å². The van der Waals surface area contributed by atoms with Gasteiger partial charge in [0.15, 0.2) is 0 Å². The third-order valence-corrected chi connectivity index (χ3v) is 5.17. The Bertz CT molecular complexity index is 1180. The van der Waals surface area contributed by atoms with Crippen molar-refractivity contribution in [1.82, 2.24) is 14.5 Å². The van der Waals surface area contributed by atoms with E-state index in [0.717, 1.165) is 32.0 Å². The summed E-state index contributed by atoms with van der Waals surface area (Å²) in [5.41, 5.74) is 2.82. The lowest BCUT2D eigenvalue weighted by atomic mass is 10.2. The lowest BCUT2D eigenvalue weighted by Gasteiger charge is -2.15. The summed E-state index contributed by atoms with van der Waals surface area (Å²) in [5, 5.41) is 4.18. The summed E-state index contributed by atoms with van der Waals surface area (Å²) in [6, 6.07) is 13.6. The van der Waals surface area contributed by atoms with Crippen LogP contribution in [0.1, 0.15) is 16.1 Å². The maximum absolute atomic E-state index is 13.9. The molecule has 1 N–H and O–H groups in total. The van der Waals surface area contributed by atoms with Crippen LogP contribution < -0.4 is 10.9 Å². The van der Waals surface area contributed by atoms with Crippen LogP contribution in [0, 0.1) is 19.7 Å². The summed E-state index contributed by atoms with van der Waals surface area (Å²) in [6.45, 7) is 4.32. The third-order valence-electron chi connectivity index (χ3n) is 4.24. The largest absolute Gasteiger partial charge is 0.325 e. The Morgan fingerprint density at radius 2 is 1.93 bits per heavy atom. The predicted octanol–water partition coefficient (Wildman–Crippen LogP) is 4.40. The molecule has 0 aliphatic carbocycles. The minimum atomic E-state index is -0.880. The van der Waals surface area contributed by atoms with Gasteiger partial charge < -0.3 is 9.88 Å². The Morgan fingerprint density at radius 1 is 1.15 bits per heavy atom. The van der Waals surface area contributed by atoms with E-state index in [1.807, 2.05) is 56.3 Å². The molecule has 0 amide bonds. The molecule has 0 unspecified atom stereocenters. The summed E-state index contributed by atoms with van der Waals surface area (Å²) in [7, 11) is 0. The molecule has 136 valence electrons. The Labute approximate surface area is 159 Å². The van der Waals surface area contributed by atoms with Crippen molar-refractivity contribution in [2.75, 3.05) is 5.32 Å². The summed E-state index contributed by atoms with van der Waals surface area (Å²) in [6.07, 6.45) is 1.19. The molecule has 4 aromatic rings.